The number of carbonyl (C=O) groups is 1. The number of amides is 1. The minimum atomic E-state index is -3.71. The van der Waals surface area contributed by atoms with Crippen LogP contribution in [0.25, 0.3) is 0 Å². The molecule has 0 aliphatic carbocycles. The highest BCUT2D eigenvalue weighted by molar-refractivity contribution is 9.10. The molecule has 0 aromatic heterocycles. The number of hydrogen-bond acceptors (Lipinski definition) is 4. The first kappa shape index (κ1) is 18.1. The Bertz CT molecular complexity index is 638. The number of hydrogen-bond donors (Lipinski definition) is 1. The smallest absolute Gasteiger partial charge is 0.274 e. The van der Waals surface area contributed by atoms with Gasteiger partial charge in [-0.2, -0.15) is 0 Å². The number of nitrogens with one attached hydrogen (secondary N) is 1. The SMILES string of the molecule is CON(C)C(=O)c1cc(S(=O)(=O)NC(C)(C)C)ccc1Br. The largest absolute Gasteiger partial charge is 0.278 e. The lowest BCUT2D eigenvalue weighted by Gasteiger charge is -2.21. The normalized spacial score (nSPS) is 12.3. The number of carbonyl (C=O) groups excluding carboxylic acids is 1. The maximum atomic E-state index is 12.3. The molecule has 0 saturated carbocycles. The summed E-state index contributed by atoms with van der Waals surface area (Å²) in [5.74, 6) is -0.447. The Morgan fingerprint density at radius 2 is 1.90 bits per heavy atom. The van der Waals surface area contributed by atoms with Crippen molar-refractivity contribution in [3.8, 4) is 0 Å². The fraction of sp³-hybridized carbons (Fsp3) is 0.462. The van der Waals surface area contributed by atoms with Crippen molar-refractivity contribution in [1.29, 1.82) is 0 Å². The topological polar surface area (TPSA) is 75.7 Å². The minimum Gasteiger partial charge on any atom is -0.274 e. The number of sulfonamides is 1. The summed E-state index contributed by atoms with van der Waals surface area (Å²) in [5.41, 5.74) is -0.407. The molecule has 0 unspecified atom stereocenters. The fourth-order valence-electron chi connectivity index (χ4n) is 1.55. The number of halogens is 1. The van der Waals surface area contributed by atoms with Crippen molar-refractivity contribution in [1.82, 2.24) is 9.79 Å². The summed E-state index contributed by atoms with van der Waals surface area (Å²) in [7, 11) is -0.903. The lowest BCUT2D eigenvalue weighted by atomic mass is 10.1. The van der Waals surface area contributed by atoms with Crippen LogP contribution in [0.1, 0.15) is 31.1 Å². The molecule has 118 valence electrons. The molecule has 0 heterocycles. The van der Waals surface area contributed by atoms with E-state index in [1.165, 1.54) is 32.4 Å². The predicted molar refractivity (Wildman–Crippen MR) is 83.3 cm³/mol. The van der Waals surface area contributed by atoms with Gasteiger partial charge in [0.1, 0.15) is 0 Å². The average Bonchev–Trinajstić information content (AvgIpc) is 2.34. The molecule has 0 saturated heterocycles. The van der Waals surface area contributed by atoms with Crippen LogP contribution in [-0.2, 0) is 14.9 Å². The molecular weight excluding hydrogens is 360 g/mol. The van der Waals surface area contributed by atoms with Crippen molar-refractivity contribution in [2.75, 3.05) is 14.2 Å². The molecule has 6 nitrogen and oxygen atoms in total. The summed E-state index contributed by atoms with van der Waals surface area (Å²) in [6.07, 6.45) is 0. The van der Waals surface area contributed by atoms with E-state index in [2.05, 4.69) is 20.7 Å². The molecular formula is C13H19BrN2O4S. The molecule has 1 amide bonds. The van der Waals surface area contributed by atoms with Gasteiger partial charge in [-0.25, -0.2) is 18.2 Å². The molecule has 0 aliphatic rings. The van der Waals surface area contributed by atoms with Crippen molar-refractivity contribution in [2.24, 2.45) is 0 Å². The zero-order chi connectivity index (χ0) is 16.4. The second-order valence-corrected chi connectivity index (χ2v) is 8.02. The van der Waals surface area contributed by atoms with Gasteiger partial charge in [-0.3, -0.25) is 9.63 Å². The summed E-state index contributed by atoms with van der Waals surface area (Å²) in [6, 6.07) is 4.27. The van der Waals surface area contributed by atoms with Gasteiger partial charge in [-0.1, -0.05) is 0 Å². The van der Waals surface area contributed by atoms with E-state index in [0.29, 0.717) is 4.47 Å². The zero-order valence-corrected chi connectivity index (χ0v) is 15.0. The lowest BCUT2D eigenvalue weighted by Crippen LogP contribution is -2.40. The van der Waals surface area contributed by atoms with Crippen LogP contribution in [0.4, 0.5) is 0 Å². The molecule has 0 spiro atoms. The van der Waals surface area contributed by atoms with Crippen LogP contribution in [0.5, 0.6) is 0 Å². The fourth-order valence-corrected chi connectivity index (χ4v) is 3.41. The Morgan fingerprint density at radius 3 is 2.38 bits per heavy atom. The van der Waals surface area contributed by atoms with Gasteiger partial charge in [-0.05, 0) is 54.9 Å². The Labute approximate surface area is 133 Å². The van der Waals surface area contributed by atoms with E-state index in [4.69, 9.17) is 4.84 Å². The molecule has 21 heavy (non-hydrogen) atoms. The van der Waals surface area contributed by atoms with E-state index in [1.54, 1.807) is 20.8 Å². The molecule has 1 aromatic carbocycles. The van der Waals surface area contributed by atoms with Crippen molar-refractivity contribution in [2.45, 2.75) is 31.2 Å². The number of nitrogens with zero attached hydrogens (tertiary/aromatic N) is 1. The van der Waals surface area contributed by atoms with E-state index in [0.717, 1.165) is 5.06 Å². The zero-order valence-electron chi connectivity index (χ0n) is 12.6. The summed E-state index contributed by atoms with van der Waals surface area (Å²) >= 11 is 3.24. The maximum Gasteiger partial charge on any atom is 0.278 e. The first-order valence-corrected chi connectivity index (χ1v) is 8.41. The molecule has 0 fully saturated rings. The van der Waals surface area contributed by atoms with E-state index >= 15 is 0 Å². The van der Waals surface area contributed by atoms with Crippen molar-refractivity contribution in [3.05, 3.63) is 28.2 Å². The Kier molecular flexibility index (Phi) is 5.54. The second kappa shape index (κ2) is 6.43. The molecule has 0 bridgehead atoms. The van der Waals surface area contributed by atoms with E-state index in [1.807, 2.05) is 0 Å². The summed E-state index contributed by atoms with van der Waals surface area (Å²) < 4.78 is 27.6. The summed E-state index contributed by atoms with van der Waals surface area (Å²) in [6.45, 7) is 5.23. The van der Waals surface area contributed by atoms with E-state index in [9.17, 15) is 13.2 Å². The summed E-state index contributed by atoms with van der Waals surface area (Å²) in [5, 5.41) is 1.02. The molecule has 1 aromatic rings. The number of rotatable bonds is 4. The highest BCUT2D eigenvalue weighted by Crippen LogP contribution is 2.23. The van der Waals surface area contributed by atoms with E-state index < -0.39 is 21.5 Å². The molecule has 0 atom stereocenters. The minimum absolute atomic E-state index is 0.0217. The first-order chi connectivity index (χ1) is 9.48. The van der Waals surface area contributed by atoms with Gasteiger partial charge in [0.2, 0.25) is 10.0 Å². The first-order valence-electron chi connectivity index (χ1n) is 6.13. The quantitative estimate of drug-likeness (QED) is 0.814. The van der Waals surface area contributed by atoms with Gasteiger partial charge < -0.3 is 0 Å². The Morgan fingerprint density at radius 1 is 1.33 bits per heavy atom. The van der Waals surface area contributed by atoms with Crippen LogP contribution >= 0.6 is 15.9 Å². The van der Waals surface area contributed by atoms with Crippen molar-refractivity contribution >= 4 is 31.9 Å². The van der Waals surface area contributed by atoms with Crippen LogP contribution in [0, 0.1) is 0 Å². The van der Waals surface area contributed by atoms with Crippen LogP contribution < -0.4 is 4.72 Å². The number of benzene rings is 1. The van der Waals surface area contributed by atoms with Crippen molar-refractivity contribution in [3.63, 3.8) is 0 Å². The molecule has 0 radical (unpaired) electrons. The van der Waals surface area contributed by atoms with Crippen LogP contribution in [0.3, 0.4) is 0 Å². The summed E-state index contributed by atoms with van der Waals surface area (Å²) in [4.78, 5) is 17.0. The van der Waals surface area contributed by atoms with Gasteiger partial charge in [0, 0.05) is 17.1 Å². The highest BCUT2D eigenvalue weighted by Gasteiger charge is 2.24. The Balaban J connectivity index is 3.27. The van der Waals surface area contributed by atoms with Crippen LogP contribution in [0.15, 0.2) is 27.6 Å². The monoisotopic (exact) mass is 378 g/mol. The average molecular weight is 379 g/mol. The van der Waals surface area contributed by atoms with Crippen molar-refractivity contribution < 1.29 is 18.0 Å². The molecule has 0 aliphatic heterocycles. The maximum absolute atomic E-state index is 12.3. The third kappa shape index (κ3) is 4.77. The standard InChI is InChI=1S/C13H19BrN2O4S/c1-13(2,3)15-21(18,19)9-6-7-11(14)10(8-9)12(17)16(4)20-5/h6-8,15H,1-5H3. The molecule has 1 rings (SSSR count). The van der Waals surface area contributed by atoms with Gasteiger partial charge in [-0.15, -0.1) is 0 Å². The van der Waals surface area contributed by atoms with Crippen LogP contribution in [0.2, 0.25) is 0 Å². The van der Waals surface area contributed by atoms with E-state index in [-0.39, 0.29) is 10.5 Å². The number of hydroxylamine groups is 2. The predicted octanol–water partition coefficient (Wildman–Crippen LogP) is 2.16. The lowest BCUT2D eigenvalue weighted by molar-refractivity contribution is -0.0757. The third-order valence-electron chi connectivity index (χ3n) is 2.48. The highest BCUT2D eigenvalue weighted by atomic mass is 79.9. The van der Waals surface area contributed by atoms with Crippen LogP contribution in [-0.4, -0.2) is 39.1 Å². The van der Waals surface area contributed by atoms with Gasteiger partial charge >= 0.3 is 0 Å². The third-order valence-corrected chi connectivity index (χ3v) is 4.93. The Hall–Kier alpha value is -0.960. The molecule has 1 N–H and O–H groups in total. The molecule has 8 heteroatoms. The van der Waals surface area contributed by atoms with Gasteiger partial charge in [0.15, 0.2) is 0 Å². The van der Waals surface area contributed by atoms with Gasteiger partial charge in [0.25, 0.3) is 5.91 Å². The second-order valence-electron chi connectivity index (χ2n) is 5.48. The van der Waals surface area contributed by atoms with Gasteiger partial charge in [0.05, 0.1) is 17.6 Å².